The van der Waals surface area contributed by atoms with Crippen molar-refractivity contribution in [1.29, 1.82) is 0 Å². The lowest BCUT2D eigenvalue weighted by atomic mass is 9.99. The second-order valence-electron chi connectivity index (χ2n) is 9.31. The fourth-order valence-electron chi connectivity index (χ4n) is 3.33. The number of nitrogens with one attached hydrogen (secondary N) is 2. The van der Waals surface area contributed by atoms with Gasteiger partial charge in [0.25, 0.3) is 0 Å². The van der Waals surface area contributed by atoms with Crippen molar-refractivity contribution in [3.63, 3.8) is 0 Å². The third-order valence-electron chi connectivity index (χ3n) is 4.79. The van der Waals surface area contributed by atoms with Crippen LogP contribution in [0.2, 0.25) is 0 Å². The van der Waals surface area contributed by atoms with E-state index < -0.39 is 54.0 Å². The first kappa shape index (κ1) is 28.7. The molecule has 2 atom stereocenters. The highest BCUT2D eigenvalue weighted by molar-refractivity contribution is 5.95. The largest absolute Gasteiger partial charge is 0.508 e. The van der Waals surface area contributed by atoms with Crippen LogP contribution >= 0.6 is 0 Å². The standard InChI is InChI=1S/C24H38N4O6/c1-7-8-13-26-21(31)20(16-11-9-10-12-18(16)29)28(15(2)3)22(32)17(14-19(25)30)27-23(33)34-24(4,5)6/h9-12,15,17,20,29H,7-8,13-14H2,1-6H3,(H2,25,30)(H,26,31)(H,27,33). The van der Waals surface area contributed by atoms with Crippen molar-refractivity contribution >= 4 is 23.8 Å². The normalized spacial score (nSPS) is 13.0. The maximum Gasteiger partial charge on any atom is 0.408 e. The molecule has 10 heteroatoms. The molecule has 0 spiro atoms. The van der Waals surface area contributed by atoms with Gasteiger partial charge in [-0.3, -0.25) is 14.4 Å². The van der Waals surface area contributed by atoms with E-state index in [0.29, 0.717) is 6.54 Å². The third kappa shape index (κ3) is 8.92. The zero-order valence-corrected chi connectivity index (χ0v) is 20.9. The molecule has 2 unspecified atom stereocenters. The van der Waals surface area contributed by atoms with E-state index >= 15 is 0 Å². The Balaban J connectivity index is 3.43. The van der Waals surface area contributed by atoms with E-state index in [0.717, 1.165) is 12.8 Å². The van der Waals surface area contributed by atoms with Crippen LogP contribution in [0.3, 0.4) is 0 Å². The molecule has 34 heavy (non-hydrogen) atoms. The Kier molecular flexibility index (Phi) is 10.8. The lowest BCUT2D eigenvalue weighted by Gasteiger charge is -2.37. The first-order valence-electron chi connectivity index (χ1n) is 11.4. The zero-order valence-electron chi connectivity index (χ0n) is 20.9. The van der Waals surface area contributed by atoms with E-state index in [1.807, 2.05) is 6.92 Å². The highest BCUT2D eigenvalue weighted by atomic mass is 16.6. The molecule has 0 bridgehead atoms. The Hall–Kier alpha value is -3.30. The van der Waals surface area contributed by atoms with E-state index in [9.17, 15) is 24.3 Å². The van der Waals surface area contributed by atoms with Crippen LogP contribution in [-0.2, 0) is 19.1 Å². The first-order valence-corrected chi connectivity index (χ1v) is 11.4. The average molecular weight is 479 g/mol. The number of carbonyl (C=O) groups is 4. The second kappa shape index (κ2) is 12.8. The first-order chi connectivity index (χ1) is 15.8. The fraction of sp³-hybridized carbons (Fsp3) is 0.583. The van der Waals surface area contributed by atoms with Crippen LogP contribution in [0.5, 0.6) is 5.75 Å². The van der Waals surface area contributed by atoms with Crippen molar-refractivity contribution in [2.24, 2.45) is 5.73 Å². The van der Waals surface area contributed by atoms with Gasteiger partial charge in [-0.15, -0.1) is 0 Å². The van der Waals surface area contributed by atoms with Crippen molar-refractivity contribution in [2.45, 2.75) is 84.5 Å². The Morgan fingerprint density at radius 3 is 2.26 bits per heavy atom. The molecule has 4 amide bonds. The number of alkyl carbamates (subject to hydrolysis) is 1. The number of phenolic OH excluding ortho intramolecular Hbond substituents is 1. The van der Waals surface area contributed by atoms with Gasteiger partial charge in [0.2, 0.25) is 17.7 Å². The number of ether oxygens (including phenoxy) is 1. The molecule has 0 aliphatic rings. The van der Waals surface area contributed by atoms with Crippen LogP contribution in [0.4, 0.5) is 4.79 Å². The van der Waals surface area contributed by atoms with Gasteiger partial charge in [-0.25, -0.2) is 4.79 Å². The van der Waals surface area contributed by atoms with Crippen LogP contribution in [-0.4, -0.2) is 58.1 Å². The molecule has 0 aromatic heterocycles. The van der Waals surface area contributed by atoms with Crippen LogP contribution in [0.15, 0.2) is 24.3 Å². The number of hydrogen-bond donors (Lipinski definition) is 4. The summed E-state index contributed by atoms with van der Waals surface area (Å²) in [5.74, 6) is -2.18. The predicted molar refractivity (Wildman–Crippen MR) is 128 cm³/mol. The average Bonchev–Trinajstić information content (AvgIpc) is 2.69. The predicted octanol–water partition coefficient (Wildman–Crippen LogP) is 2.36. The molecule has 0 saturated heterocycles. The van der Waals surface area contributed by atoms with Crippen molar-refractivity contribution in [3.05, 3.63) is 29.8 Å². The number of nitrogens with two attached hydrogens (primary N) is 1. The van der Waals surface area contributed by atoms with Crippen molar-refractivity contribution in [2.75, 3.05) is 6.54 Å². The molecule has 0 aliphatic heterocycles. The number of nitrogens with zero attached hydrogens (tertiary/aromatic N) is 1. The zero-order chi connectivity index (χ0) is 26.1. The highest BCUT2D eigenvalue weighted by Crippen LogP contribution is 2.31. The number of benzene rings is 1. The number of unbranched alkanes of at least 4 members (excludes halogenated alkanes) is 1. The minimum atomic E-state index is -1.37. The van der Waals surface area contributed by atoms with Gasteiger partial charge < -0.3 is 31.1 Å². The second-order valence-corrected chi connectivity index (χ2v) is 9.31. The Bertz CT molecular complexity index is 865. The molecule has 0 radical (unpaired) electrons. The molecular formula is C24H38N4O6. The summed E-state index contributed by atoms with van der Waals surface area (Å²) in [5, 5.41) is 15.7. The molecule has 190 valence electrons. The van der Waals surface area contributed by atoms with Crippen molar-refractivity contribution in [3.8, 4) is 5.75 Å². The van der Waals surface area contributed by atoms with E-state index in [2.05, 4.69) is 10.6 Å². The third-order valence-corrected chi connectivity index (χ3v) is 4.79. The summed E-state index contributed by atoms with van der Waals surface area (Å²) in [6, 6.07) is 3.10. The van der Waals surface area contributed by atoms with Crippen LogP contribution in [0, 0.1) is 0 Å². The van der Waals surface area contributed by atoms with Gasteiger partial charge in [-0.2, -0.15) is 0 Å². The SMILES string of the molecule is CCCCNC(=O)C(c1ccccc1O)N(C(=O)C(CC(N)=O)NC(=O)OC(C)(C)C)C(C)C. The Morgan fingerprint density at radius 2 is 1.76 bits per heavy atom. The van der Waals surface area contributed by atoms with Crippen molar-refractivity contribution in [1.82, 2.24) is 15.5 Å². The van der Waals surface area contributed by atoms with Gasteiger partial charge in [0.15, 0.2) is 0 Å². The van der Waals surface area contributed by atoms with Gasteiger partial charge in [0, 0.05) is 18.2 Å². The number of phenols is 1. The molecule has 5 N–H and O–H groups in total. The number of amides is 4. The molecule has 1 aromatic rings. The smallest absolute Gasteiger partial charge is 0.408 e. The van der Waals surface area contributed by atoms with Crippen LogP contribution in [0.25, 0.3) is 0 Å². The minimum Gasteiger partial charge on any atom is -0.508 e. The van der Waals surface area contributed by atoms with E-state index in [1.165, 1.54) is 11.0 Å². The molecular weight excluding hydrogens is 440 g/mol. The van der Waals surface area contributed by atoms with Crippen LogP contribution in [0.1, 0.15) is 72.4 Å². The number of aromatic hydroxyl groups is 1. The quantitative estimate of drug-likeness (QED) is 0.358. The number of carbonyl (C=O) groups excluding carboxylic acids is 4. The summed E-state index contributed by atoms with van der Waals surface area (Å²) < 4.78 is 5.23. The summed E-state index contributed by atoms with van der Waals surface area (Å²) in [7, 11) is 0. The van der Waals surface area contributed by atoms with Gasteiger partial charge in [-0.1, -0.05) is 31.5 Å². The lowest BCUT2D eigenvalue weighted by molar-refractivity contribution is -0.145. The minimum absolute atomic E-state index is 0.164. The number of para-hydroxylation sites is 1. The number of hydrogen-bond acceptors (Lipinski definition) is 6. The van der Waals surface area contributed by atoms with Crippen molar-refractivity contribution < 1.29 is 29.0 Å². The van der Waals surface area contributed by atoms with E-state index in [-0.39, 0.29) is 11.3 Å². The number of rotatable bonds is 11. The summed E-state index contributed by atoms with van der Waals surface area (Å²) in [6.07, 6.45) is 0.197. The molecule has 1 aromatic carbocycles. The van der Waals surface area contributed by atoms with E-state index in [1.54, 1.807) is 52.8 Å². The monoisotopic (exact) mass is 478 g/mol. The number of primary amides is 1. The summed E-state index contributed by atoms with van der Waals surface area (Å²) in [4.78, 5) is 52.3. The van der Waals surface area contributed by atoms with Gasteiger partial charge in [0.1, 0.15) is 23.4 Å². The van der Waals surface area contributed by atoms with Gasteiger partial charge in [-0.05, 0) is 47.1 Å². The fourth-order valence-corrected chi connectivity index (χ4v) is 3.33. The van der Waals surface area contributed by atoms with E-state index in [4.69, 9.17) is 10.5 Å². The lowest BCUT2D eigenvalue weighted by Crippen LogP contribution is -2.56. The van der Waals surface area contributed by atoms with Crippen LogP contribution < -0.4 is 16.4 Å². The molecule has 10 nitrogen and oxygen atoms in total. The van der Waals surface area contributed by atoms with Gasteiger partial charge >= 0.3 is 6.09 Å². The Morgan fingerprint density at radius 1 is 1.15 bits per heavy atom. The maximum absolute atomic E-state index is 13.7. The topological polar surface area (TPSA) is 151 Å². The summed E-state index contributed by atoms with van der Waals surface area (Å²) >= 11 is 0. The highest BCUT2D eigenvalue weighted by Gasteiger charge is 2.39. The molecule has 0 fully saturated rings. The molecule has 0 aliphatic carbocycles. The summed E-state index contributed by atoms with van der Waals surface area (Å²) in [5.41, 5.74) is 4.72. The van der Waals surface area contributed by atoms with Gasteiger partial charge in [0.05, 0.1) is 6.42 Å². The summed E-state index contributed by atoms with van der Waals surface area (Å²) in [6.45, 7) is 10.7. The maximum atomic E-state index is 13.7. The molecule has 0 heterocycles. The molecule has 1 rings (SSSR count). The Labute approximate surface area is 201 Å². The molecule has 0 saturated carbocycles.